The Morgan fingerprint density at radius 3 is 2.65 bits per heavy atom. The lowest BCUT2D eigenvalue weighted by Crippen LogP contribution is -2.38. The number of phenols is 1. The summed E-state index contributed by atoms with van der Waals surface area (Å²) in [6.45, 7) is 5.98. The van der Waals surface area contributed by atoms with Gasteiger partial charge in [-0.2, -0.15) is 0 Å². The van der Waals surface area contributed by atoms with Crippen molar-refractivity contribution in [2.24, 2.45) is 5.41 Å². The van der Waals surface area contributed by atoms with Crippen LogP contribution in [0.5, 0.6) is 5.75 Å². The van der Waals surface area contributed by atoms with Crippen LogP contribution in [0.1, 0.15) is 45.1 Å². The zero-order valence-electron chi connectivity index (χ0n) is 15.3. The molecule has 1 atom stereocenters. The number of dihydropyridines is 1. The molecule has 26 heavy (non-hydrogen) atoms. The van der Waals surface area contributed by atoms with Gasteiger partial charge in [-0.1, -0.05) is 19.9 Å². The van der Waals surface area contributed by atoms with Gasteiger partial charge in [0.2, 0.25) is 0 Å². The maximum absolute atomic E-state index is 13.0. The van der Waals surface area contributed by atoms with Gasteiger partial charge in [0.25, 0.3) is 0 Å². The predicted octanol–water partition coefficient (Wildman–Crippen LogP) is 3.77. The quantitative estimate of drug-likeness (QED) is 0.512. The van der Waals surface area contributed by atoms with Crippen molar-refractivity contribution in [1.82, 2.24) is 5.32 Å². The molecule has 0 fully saturated rings. The summed E-state index contributed by atoms with van der Waals surface area (Å²) in [5.41, 5.74) is 3.34. The zero-order chi connectivity index (χ0) is 19.2. The fraction of sp³-hybridized carbons (Fsp3) is 0.400. The second-order valence-corrected chi connectivity index (χ2v) is 8.79. The first-order chi connectivity index (χ1) is 12.1. The Labute approximate surface area is 166 Å². The molecule has 3 rings (SSSR count). The van der Waals surface area contributed by atoms with Crippen LogP contribution in [-0.4, -0.2) is 24.0 Å². The number of allylic oxidation sites excluding steroid dienone is 3. The van der Waals surface area contributed by atoms with Crippen LogP contribution in [0.4, 0.5) is 0 Å². The molecule has 0 saturated carbocycles. The summed E-state index contributed by atoms with van der Waals surface area (Å²) in [6, 6.07) is 5.18. The summed E-state index contributed by atoms with van der Waals surface area (Å²) in [5.74, 6) is -0.719. The SMILES string of the molecule is COC(=O)C1=C(C)NC2=C(C(=O)CC(C)(C)C2)[C@H]1c1ccc(O)c(I)c1. The molecule has 1 heterocycles. The van der Waals surface area contributed by atoms with Gasteiger partial charge in [0.1, 0.15) is 5.75 Å². The average Bonchev–Trinajstić information content (AvgIpc) is 2.54. The molecule has 1 aromatic rings. The maximum atomic E-state index is 13.0. The molecule has 1 aliphatic heterocycles. The van der Waals surface area contributed by atoms with E-state index >= 15 is 0 Å². The number of esters is 1. The topological polar surface area (TPSA) is 75.6 Å². The minimum Gasteiger partial charge on any atom is -0.507 e. The highest BCUT2D eigenvalue weighted by Gasteiger charge is 2.43. The van der Waals surface area contributed by atoms with Gasteiger partial charge < -0.3 is 15.2 Å². The third-order valence-electron chi connectivity index (χ3n) is 4.95. The van der Waals surface area contributed by atoms with Crippen molar-refractivity contribution >= 4 is 34.3 Å². The Balaban J connectivity index is 2.22. The predicted molar refractivity (Wildman–Crippen MR) is 106 cm³/mol. The van der Waals surface area contributed by atoms with Crippen molar-refractivity contribution in [3.8, 4) is 5.75 Å². The van der Waals surface area contributed by atoms with E-state index in [-0.39, 0.29) is 16.9 Å². The molecule has 2 N–H and O–H groups in total. The average molecular weight is 467 g/mol. The van der Waals surface area contributed by atoms with Crippen LogP contribution in [0, 0.1) is 8.99 Å². The number of methoxy groups -OCH3 is 1. The second kappa shape index (κ2) is 6.72. The first-order valence-electron chi connectivity index (χ1n) is 8.45. The number of hydrogen-bond donors (Lipinski definition) is 2. The Kier molecular flexibility index (Phi) is 4.90. The van der Waals surface area contributed by atoms with Gasteiger partial charge in [-0.05, 0) is 59.0 Å². The minimum absolute atomic E-state index is 0.0470. The normalized spacial score (nSPS) is 22.0. The van der Waals surface area contributed by atoms with Gasteiger partial charge >= 0.3 is 5.97 Å². The van der Waals surface area contributed by atoms with Crippen molar-refractivity contribution in [3.05, 3.63) is 49.9 Å². The lowest BCUT2D eigenvalue weighted by atomic mass is 9.68. The summed E-state index contributed by atoms with van der Waals surface area (Å²) >= 11 is 2.04. The van der Waals surface area contributed by atoms with Crippen molar-refractivity contribution in [2.45, 2.75) is 39.5 Å². The monoisotopic (exact) mass is 467 g/mol. The molecule has 0 saturated heterocycles. The van der Waals surface area contributed by atoms with E-state index in [1.807, 2.05) is 35.6 Å². The minimum atomic E-state index is -0.489. The van der Waals surface area contributed by atoms with Crippen LogP contribution in [0.25, 0.3) is 0 Å². The third kappa shape index (κ3) is 3.26. The molecular formula is C20H22INO4. The Morgan fingerprint density at radius 1 is 1.35 bits per heavy atom. The molecule has 0 bridgehead atoms. The fourth-order valence-corrected chi connectivity index (χ4v) is 4.39. The second-order valence-electron chi connectivity index (χ2n) is 7.63. The van der Waals surface area contributed by atoms with Gasteiger partial charge in [-0.15, -0.1) is 0 Å². The van der Waals surface area contributed by atoms with Crippen molar-refractivity contribution < 1.29 is 19.4 Å². The molecule has 2 aliphatic rings. The number of carbonyl (C=O) groups excluding carboxylic acids is 2. The molecular weight excluding hydrogens is 445 g/mol. The smallest absolute Gasteiger partial charge is 0.336 e. The third-order valence-corrected chi connectivity index (χ3v) is 5.81. The van der Waals surface area contributed by atoms with Gasteiger partial charge in [0.15, 0.2) is 5.78 Å². The molecule has 0 spiro atoms. The molecule has 1 aromatic carbocycles. The maximum Gasteiger partial charge on any atom is 0.336 e. The highest BCUT2D eigenvalue weighted by molar-refractivity contribution is 14.1. The molecule has 1 aliphatic carbocycles. The number of aromatic hydroxyl groups is 1. The summed E-state index contributed by atoms with van der Waals surface area (Å²) in [4.78, 5) is 25.5. The standard InChI is InChI=1S/C20H22INO4/c1-10-16(19(25)26-4)17(11-5-6-14(23)12(21)7-11)18-13(22-10)8-20(2,3)9-15(18)24/h5-7,17,22-23H,8-9H2,1-4H3/t17-/m0/s1. The summed E-state index contributed by atoms with van der Waals surface area (Å²) in [6.07, 6.45) is 1.18. The van der Waals surface area contributed by atoms with E-state index < -0.39 is 11.9 Å². The number of halogens is 1. The van der Waals surface area contributed by atoms with E-state index in [2.05, 4.69) is 19.2 Å². The number of ketones is 1. The van der Waals surface area contributed by atoms with Gasteiger partial charge in [0, 0.05) is 29.3 Å². The first-order valence-corrected chi connectivity index (χ1v) is 9.53. The highest BCUT2D eigenvalue weighted by Crippen LogP contribution is 2.47. The van der Waals surface area contributed by atoms with Gasteiger partial charge in [-0.3, -0.25) is 4.79 Å². The fourth-order valence-electron chi connectivity index (χ4n) is 3.85. The number of benzene rings is 1. The van der Waals surface area contributed by atoms with Crippen molar-refractivity contribution in [1.29, 1.82) is 0 Å². The van der Waals surface area contributed by atoms with Crippen LogP contribution in [0.15, 0.2) is 40.7 Å². The van der Waals surface area contributed by atoms with Crippen LogP contribution in [0.3, 0.4) is 0 Å². The summed E-state index contributed by atoms with van der Waals surface area (Å²) < 4.78 is 5.67. The molecule has 5 nitrogen and oxygen atoms in total. The van der Waals surface area contributed by atoms with E-state index in [4.69, 9.17) is 4.74 Å². The van der Waals surface area contributed by atoms with Crippen LogP contribution < -0.4 is 5.32 Å². The largest absolute Gasteiger partial charge is 0.507 e. The Morgan fingerprint density at radius 2 is 2.04 bits per heavy atom. The molecule has 138 valence electrons. The molecule has 0 amide bonds. The van der Waals surface area contributed by atoms with Crippen LogP contribution in [-0.2, 0) is 14.3 Å². The lowest BCUT2D eigenvalue weighted by Gasteiger charge is -2.39. The van der Waals surface area contributed by atoms with Crippen molar-refractivity contribution in [2.75, 3.05) is 7.11 Å². The number of phenolic OH excluding ortho intramolecular Hbond substituents is 1. The van der Waals surface area contributed by atoms with E-state index in [9.17, 15) is 14.7 Å². The van der Waals surface area contributed by atoms with E-state index in [1.54, 1.807) is 12.1 Å². The molecule has 0 aromatic heterocycles. The van der Waals surface area contributed by atoms with Crippen LogP contribution in [0.2, 0.25) is 0 Å². The lowest BCUT2D eigenvalue weighted by molar-refractivity contribution is -0.136. The number of carbonyl (C=O) groups is 2. The van der Waals surface area contributed by atoms with Crippen LogP contribution >= 0.6 is 22.6 Å². The number of ether oxygens (including phenoxy) is 1. The van der Waals surface area contributed by atoms with Gasteiger partial charge in [-0.25, -0.2) is 4.79 Å². The zero-order valence-corrected chi connectivity index (χ0v) is 17.4. The van der Waals surface area contributed by atoms with Crippen molar-refractivity contribution in [3.63, 3.8) is 0 Å². The molecule has 0 radical (unpaired) electrons. The summed E-state index contributed by atoms with van der Waals surface area (Å²) in [5, 5.41) is 13.1. The first kappa shape index (κ1) is 18.9. The Hall–Kier alpha value is -1.83. The van der Waals surface area contributed by atoms with Gasteiger partial charge in [0.05, 0.1) is 16.3 Å². The molecule has 6 heteroatoms. The summed E-state index contributed by atoms with van der Waals surface area (Å²) in [7, 11) is 1.34. The molecule has 0 unspecified atom stereocenters. The Bertz CT molecular complexity index is 867. The number of rotatable bonds is 2. The highest BCUT2D eigenvalue weighted by atomic mass is 127. The van der Waals surface area contributed by atoms with E-state index in [1.165, 1.54) is 7.11 Å². The van der Waals surface area contributed by atoms with E-state index in [0.29, 0.717) is 26.8 Å². The van der Waals surface area contributed by atoms with E-state index in [0.717, 1.165) is 17.7 Å². The number of Topliss-reactive ketones (excluding diaryl/α,β-unsaturated/α-hetero) is 1. The number of nitrogens with one attached hydrogen (secondary N) is 1. The number of hydrogen-bond acceptors (Lipinski definition) is 5.